The van der Waals surface area contributed by atoms with Gasteiger partial charge in [0.1, 0.15) is 0 Å². The van der Waals surface area contributed by atoms with Crippen molar-refractivity contribution in [2.45, 2.75) is 39.9 Å². The summed E-state index contributed by atoms with van der Waals surface area (Å²) < 4.78 is 47.2. The number of nitrogens with zero attached hydrogens (tertiary/aromatic N) is 1. The van der Waals surface area contributed by atoms with Crippen molar-refractivity contribution < 1.29 is 22.6 Å². The van der Waals surface area contributed by atoms with Crippen LogP contribution in [0.25, 0.3) is 0 Å². The number of rotatable bonds is 9. The number of thiazole rings is 1. The minimum absolute atomic E-state index is 0.101. The van der Waals surface area contributed by atoms with Gasteiger partial charge >= 0.3 is 6.18 Å². The van der Waals surface area contributed by atoms with Crippen molar-refractivity contribution in [1.82, 2.24) is 10.3 Å². The third kappa shape index (κ3) is 6.49. The summed E-state index contributed by atoms with van der Waals surface area (Å²) in [5.74, 6) is 0.425. The lowest BCUT2D eigenvalue weighted by molar-refractivity contribution is -0.153. The summed E-state index contributed by atoms with van der Waals surface area (Å²) in [5, 5.41) is 4.40. The molecule has 0 spiro atoms. The molecule has 2 rings (SSSR count). The number of aromatic nitrogens is 1. The molecule has 0 unspecified atom stereocenters. The van der Waals surface area contributed by atoms with Crippen LogP contribution in [0, 0.1) is 13.8 Å². The number of hydrogen-bond acceptors (Lipinski definition) is 5. The van der Waals surface area contributed by atoms with E-state index in [0.29, 0.717) is 18.9 Å². The lowest BCUT2D eigenvalue weighted by Crippen LogP contribution is -2.20. The second-order valence-electron chi connectivity index (χ2n) is 5.79. The molecule has 26 heavy (non-hydrogen) atoms. The van der Waals surface area contributed by atoms with Crippen molar-refractivity contribution in [3.8, 4) is 11.5 Å². The topological polar surface area (TPSA) is 43.4 Å². The fraction of sp³-hybridized carbons (Fsp3) is 0.500. The van der Waals surface area contributed by atoms with Crippen LogP contribution in [0.3, 0.4) is 0 Å². The van der Waals surface area contributed by atoms with Gasteiger partial charge in [0.15, 0.2) is 18.1 Å². The molecule has 0 saturated carbocycles. The van der Waals surface area contributed by atoms with Crippen molar-refractivity contribution in [3.63, 3.8) is 0 Å². The van der Waals surface area contributed by atoms with E-state index in [2.05, 4.69) is 10.3 Å². The summed E-state index contributed by atoms with van der Waals surface area (Å²) in [7, 11) is 0. The number of nitrogens with one attached hydrogen (secondary N) is 1. The first-order chi connectivity index (χ1) is 12.3. The molecule has 0 bridgehead atoms. The minimum Gasteiger partial charge on any atom is -0.490 e. The smallest absolute Gasteiger partial charge is 0.422 e. The Labute approximate surface area is 155 Å². The summed E-state index contributed by atoms with van der Waals surface area (Å²) in [5.41, 5.74) is 1.99. The Hall–Kier alpha value is -1.80. The van der Waals surface area contributed by atoms with Gasteiger partial charge in [-0.05, 0) is 44.9 Å². The van der Waals surface area contributed by atoms with Crippen LogP contribution in [0.4, 0.5) is 13.2 Å². The van der Waals surface area contributed by atoms with Crippen LogP contribution in [0.15, 0.2) is 18.2 Å². The van der Waals surface area contributed by atoms with Crippen LogP contribution in [0.5, 0.6) is 11.5 Å². The molecule has 4 nitrogen and oxygen atoms in total. The standard InChI is InChI=1S/C18H23F3N2O2S/c1-4-24-16-9-14(5-6-15(16)25-11-18(19,20)21)10-22-8-7-17-12(2)23-13(3)26-17/h5-6,9,22H,4,7-8,10-11H2,1-3H3. The predicted octanol–water partition coefficient (Wildman–Crippen LogP) is 4.43. The van der Waals surface area contributed by atoms with Gasteiger partial charge in [0.2, 0.25) is 0 Å². The lowest BCUT2D eigenvalue weighted by atomic mass is 10.2. The highest BCUT2D eigenvalue weighted by molar-refractivity contribution is 7.11. The molecular formula is C18H23F3N2O2S. The average molecular weight is 388 g/mol. The molecule has 1 heterocycles. The van der Waals surface area contributed by atoms with Gasteiger partial charge in [0.25, 0.3) is 0 Å². The van der Waals surface area contributed by atoms with Gasteiger partial charge in [-0.25, -0.2) is 4.98 Å². The molecule has 0 atom stereocenters. The number of alkyl halides is 3. The van der Waals surface area contributed by atoms with Crippen molar-refractivity contribution in [2.75, 3.05) is 19.8 Å². The zero-order chi connectivity index (χ0) is 19.2. The third-order valence-electron chi connectivity index (χ3n) is 3.56. The maximum Gasteiger partial charge on any atom is 0.422 e. The molecule has 0 amide bonds. The molecule has 1 aromatic heterocycles. The van der Waals surface area contributed by atoms with Crippen molar-refractivity contribution in [2.24, 2.45) is 0 Å². The van der Waals surface area contributed by atoms with Crippen molar-refractivity contribution in [1.29, 1.82) is 0 Å². The van der Waals surface area contributed by atoms with Gasteiger partial charge in [0.05, 0.1) is 17.3 Å². The highest BCUT2D eigenvalue weighted by Crippen LogP contribution is 2.30. The highest BCUT2D eigenvalue weighted by atomic mass is 32.1. The van der Waals surface area contributed by atoms with E-state index in [1.165, 1.54) is 10.9 Å². The molecule has 2 aromatic rings. The minimum atomic E-state index is -4.38. The molecule has 0 aliphatic carbocycles. The van der Waals surface area contributed by atoms with Crippen LogP contribution in [0.1, 0.15) is 28.1 Å². The molecule has 0 aliphatic heterocycles. The summed E-state index contributed by atoms with van der Waals surface area (Å²) in [6, 6.07) is 4.97. The maximum atomic E-state index is 12.3. The summed E-state index contributed by atoms with van der Waals surface area (Å²) in [6.45, 7) is 6.17. The Balaban J connectivity index is 1.90. The summed E-state index contributed by atoms with van der Waals surface area (Å²) in [4.78, 5) is 5.67. The Morgan fingerprint density at radius 1 is 1.15 bits per heavy atom. The van der Waals surface area contributed by atoms with Gasteiger partial charge in [-0.3, -0.25) is 0 Å². The van der Waals surface area contributed by atoms with Crippen LogP contribution in [0.2, 0.25) is 0 Å². The van der Waals surface area contributed by atoms with E-state index in [4.69, 9.17) is 9.47 Å². The van der Waals surface area contributed by atoms with Gasteiger partial charge in [-0.15, -0.1) is 11.3 Å². The van der Waals surface area contributed by atoms with E-state index in [1.807, 2.05) is 13.8 Å². The van der Waals surface area contributed by atoms with E-state index in [-0.39, 0.29) is 5.75 Å². The number of halogens is 3. The number of benzene rings is 1. The third-order valence-corrected chi connectivity index (χ3v) is 4.69. The van der Waals surface area contributed by atoms with Crippen LogP contribution >= 0.6 is 11.3 Å². The quantitative estimate of drug-likeness (QED) is 0.646. The van der Waals surface area contributed by atoms with Gasteiger partial charge < -0.3 is 14.8 Å². The average Bonchev–Trinajstić information content (AvgIpc) is 2.88. The fourth-order valence-electron chi connectivity index (χ4n) is 2.45. The van der Waals surface area contributed by atoms with Crippen LogP contribution in [-0.4, -0.2) is 30.9 Å². The van der Waals surface area contributed by atoms with E-state index in [0.717, 1.165) is 29.2 Å². The van der Waals surface area contributed by atoms with E-state index >= 15 is 0 Å². The first-order valence-electron chi connectivity index (χ1n) is 8.37. The zero-order valence-corrected chi connectivity index (χ0v) is 15.9. The molecule has 1 N–H and O–H groups in total. The van der Waals surface area contributed by atoms with E-state index in [1.54, 1.807) is 30.4 Å². The van der Waals surface area contributed by atoms with Gasteiger partial charge in [0, 0.05) is 18.0 Å². The largest absolute Gasteiger partial charge is 0.490 e. The lowest BCUT2D eigenvalue weighted by Gasteiger charge is -2.15. The highest BCUT2D eigenvalue weighted by Gasteiger charge is 2.29. The Bertz CT molecular complexity index is 717. The molecule has 0 aliphatic rings. The van der Waals surface area contributed by atoms with Crippen LogP contribution in [-0.2, 0) is 13.0 Å². The molecule has 0 fully saturated rings. The molecular weight excluding hydrogens is 365 g/mol. The Kier molecular flexibility index (Phi) is 7.28. The fourth-order valence-corrected chi connectivity index (χ4v) is 3.39. The summed E-state index contributed by atoms with van der Waals surface area (Å²) >= 11 is 1.70. The molecule has 8 heteroatoms. The molecule has 0 saturated heterocycles. The second-order valence-corrected chi connectivity index (χ2v) is 7.07. The summed E-state index contributed by atoms with van der Waals surface area (Å²) in [6.07, 6.45) is -3.49. The van der Waals surface area contributed by atoms with E-state index < -0.39 is 12.8 Å². The molecule has 0 radical (unpaired) electrons. The monoisotopic (exact) mass is 388 g/mol. The Morgan fingerprint density at radius 3 is 2.54 bits per heavy atom. The molecule has 144 valence electrons. The van der Waals surface area contributed by atoms with Crippen molar-refractivity contribution in [3.05, 3.63) is 39.3 Å². The van der Waals surface area contributed by atoms with Crippen LogP contribution < -0.4 is 14.8 Å². The number of hydrogen-bond donors (Lipinski definition) is 1. The van der Waals surface area contributed by atoms with Crippen molar-refractivity contribution >= 4 is 11.3 Å². The maximum absolute atomic E-state index is 12.3. The van der Waals surface area contributed by atoms with Gasteiger partial charge in [-0.1, -0.05) is 6.07 Å². The first-order valence-corrected chi connectivity index (χ1v) is 9.19. The number of ether oxygens (including phenoxy) is 2. The number of aryl methyl sites for hydroxylation is 2. The predicted molar refractivity (Wildman–Crippen MR) is 96.2 cm³/mol. The normalized spacial score (nSPS) is 11.6. The Morgan fingerprint density at radius 2 is 1.92 bits per heavy atom. The second kappa shape index (κ2) is 9.23. The zero-order valence-electron chi connectivity index (χ0n) is 15.1. The first kappa shape index (κ1) is 20.5. The SMILES string of the molecule is CCOc1cc(CNCCc2sc(C)nc2C)ccc1OCC(F)(F)F. The van der Waals surface area contributed by atoms with E-state index in [9.17, 15) is 13.2 Å². The molecule has 1 aromatic carbocycles. The van der Waals surface area contributed by atoms with Gasteiger partial charge in [-0.2, -0.15) is 13.2 Å².